The molecule has 0 aliphatic heterocycles. The highest BCUT2D eigenvalue weighted by Crippen LogP contribution is 2.18. The van der Waals surface area contributed by atoms with Gasteiger partial charge >= 0.3 is 0 Å². The summed E-state index contributed by atoms with van der Waals surface area (Å²) in [6.45, 7) is 9.76. The number of nitrogens with two attached hydrogens (primary N) is 1. The van der Waals surface area contributed by atoms with Gasteiger partial charge in [0.15, 0.2) is 0 Å². The molecule has 1 amide bonds. The molecule has 0 bridgehead atoms. The van der Waals surface area contributed by atoms with Crippen LogP contribution < -0.4 is 5.73 Å². The van der Waals surface area contributed by atoms with Crippen LogP contribution in [0.25, 0.3) is 0 Å². The van der Waals surface area contributed by atoms with E-state index in [0.717, 1.165) is 6.42 Å². The van der Waals surface area contributed by atoms with Gasteiger partial charge in [-0.3, -0.25) is 4.79 Å². The Morgan fingerprint density at radius 3 is 2.24 bits per heavy atom. The van der Waals surface area contributed by atoms with Crippen molar-refractivity contribution in [1.82, 2.24) is 4.90 Å². The lowest BCUT2D eigenvalue weighted by Gasteiger charge is -2.29. The van der Waals surface area contributed by atoms with Crippen molar-refractivity contribution in [1.29, 1.82) is 0 Å². The topological polar surface area (TPSA) is 46.3 Å². The third kappa shape index (κ3) is 6.30. The van der Waals surface area contributed by atoms with Gasteiger partial charge in [0, 0.05) is 19.0 Å². The summed E-state index contributed by atoms with van der Waals surface area (Å²) in [6.07, 6.45) is 1.57. The summed E-state index contributed by atoms with van der Waals surface area (Å²) >= 11 is 0. The average Bonchev–Trinajstić information content (AvgIpc) is 2.44. The second kappa shape index (κ2) is 8.83. The van der Waals surface area contributed by atoms with Gasteiger partial charge in [0.2, 0.25) is 5.91 Å². The molecule has 0 aliphatic carbocycles. The molecule has 1 aromatic rings. The van der Waals surface area contributed by atoms with Crippen LogP contribution >= 0.6 is 0 Å². The van der Waals surface area contributed by atoms with Crippen molar-refractivity contribution in [3.05, 3.63) is 35.9 Å². The molecular formula is C18H30N2O. The Hall–Kier alpha value is -1.35. The fourth-order valence-electron chi connectivity index (χ4n) is 2.63. The molecule has 1 aromatic carbocycles. The minimum atomic E-state index is 0.204. The first-order valence-corrected chi connectivity index (χ1v) is 7.97. The molecule has 1 atom stereocenters. The summed E-state index contributed by atoms with van der Waals surface area (Å²) in [7, 11) is 0. The number of benzene rings is 1. The van der Waals surface area contributed by atoms with Crippen LogP contribution in [0.2, 0.25) is 0 Å². The summed E-state index contributed by atoms with van der Waals surface area (Å²) in [5.74, 6) is 1.08. The number of carbonyl (C=O) groups excluding carboxylic acids is 1. The van der Waals surface area contributed by atoms with E-state index in [1.54, 1.807) is 0 Å². The van der Waals surface area contributed by atoms with E-state index >= 15 is 0 Å². The highest BCUT2D eigenvalue weighted by atomic mass is 16.2. The minimum absolute atomic E-state index is 0.204. The van der Waals surface area contributed by atoms with Gasteiger partial charge in [-0.15, -0.1) is 0 Å². The molecule has 0 spiro atoms. The summed E-state index contributed by atoms with van der Waals surface area (Å²) in [5.41, 5.74) is 7.00. The fraction of sp³-hybridized carbons (Fsp3) is 0.611. The van der Waals surface area contributed by atoms with Gasteiger partial charge < -0.3 is 10.6 Å². The van der Waals surface area contributed by atoms with Crippen molar-refractivity contribution < 1.29 is 4.79 Å². The lowest BCUT2D eigenvalue weighted by Crippen LogP contribution is -2.38. The van der Waals surface area contributed by atoms with E-state index < -0.39 is 0 Å². The van der Waals surface area contributed by atoms with Gasteiger partial charge in [0.05, 0.1) is 0 Å². The summed E-state index contributed by atoms with van der Waals surface area (Å²) in [5, 5.41) is 0. The van der Waals surface area contributed by atoms with Crippen LogP contribution in [0.4, 0.5) is 0 Å². The highest BCUT2D eigenvalue weighted by Gasteiger charge is 2.21. The molecule has 21 heavy (non-hydrogen) atoms. The largest absolute Gasteiger partial charge is 0.336 e. The van der Waals surface area contributed by atoms with E-state index in [2.05, 4.69) is 39.8 Å². The fourth-order valence-corrected chi connectivity index (χ4v) is 2.63. The van der Waals surface area contributed by atoms with Crippen molar-refractivity contribution in [3.8, 4) is 0 Å². The Balaban J connectivity index is 2.69. The molecule has 3 heteroatoms. The summed E-state index contributed by atoms with van der Waals surface area (Å²) < 4.78 is 0. The molecule has 2 N–H and O–H groups in total. The van der Waals surface area contributed by atoms with Crippen LogP contribution in [0.5, 0.6) is 0 Å². The molecule has 118 valence electrons. The summed E-state index contributed by atoms with van der Waals surface area (Å²) in [6, 6.07) is 10.4. The van der Waals surface area contributed by atoms with Gasteiger partial charge in [-0.1, -0.05) is 44.2 Å². The van der Waals surface area contributed by atoms with E-state index in [1.165, 1.54) is 5.56 Å². The number of hydrogen-bond donors (Lipinski definition) is 1. The first kappa shape index (κ1) is 17.7. The zero-order valence-electron chi connectivity index (χ0n) is 13.9. The second-order valence-electron chi connectivity index (χ2n) is 6.54. The van der Waals surface area contributed by atoms with Gasteiger partial charge in [0.25, 0.3) is 0 Å². The number of rotatable bonds is 8. The predicted molar refractivity (Wildman–Crippen MR) is 88.7 cm³/mol. The normalized spacial score (nSPS) is 12.7. The maximum Gasteiger partial charge on any atom is 0.223 e. The van der Waals surface area contributed by atoms with Gasteiger partial charge in [0.1, 0.15) is 0 Å². The second-order valence-corrected chi connectivity index (χ2v) is 6.54. The number of hydrogen-bond acceptors (Lipinski definition) is 2. The van der Waals surface area contributed by atoms with Gasteiger partial charge in [-0.05, 0) is 44.2 Å². The molecule has 0 aliphatic rings. The first-order chi connectivity index (χ1) is 9.93. The Kier molecular flexibility index (Phi) is 7.44. The summed E-state index contributed by atoms with van der Waals surface area (Å²) in [4.78, 5) is 14.6. The quantitative estimate of drug-likeness (QED) is 0.797. The van der Waals surface area contributed by atoms with Crippen molar-refractivity contribution in [2.75, 3.05) is 6.54 Å². The van der Waals surface area contributed by atoms with Crippen LogP contribution in [-0.2, 0) is 11.3 Å². The molecule has 0 saturated carbocycles. The van der Waals surface area contributed by atoms with Crippen molar-refractivity contribution >= 4 is 5.91 Å². The molecule has 1 rings (SSSR count). The van der Waals surface area contributed by atoms with Crippen LogP contribution in [0.1, 0.15) is 46.1 Å². The molecule has 0 aromatic heterocycles. The van der Waals surface area contributed by atoms with E-state index in [-0.39, 0.29) is 17.9 Å². The van der Waals surface area contributed by atoms with Crippen LogP contribution in [0, 0.1) is 11.8 Å². The number of nitrogens with zero attached hydrogens (tertiary/aromatic N) is 1. The zero-order chi connectivity index (χ0) is 15.8. The Bertz CT molecular complexity index is 414. The molecule has 0 radical (unpaired) electrons. The predicted octanol–water partition coefficient (Wildman–Crippen LogP) is 3.43. The molecule has 0 unspecified atom stereocenters. The monoisotopic (exact) mass is 290 g/mol. The molecular weight excluding hydrogens is 260 g/mol. The molecule has 0 fully saturated rings. The van der Waals surface area contributed by atoms with E-state index in [4.69, 9.17) is 5.73 Å². The SMILES string of the molecule is CC(C)C[C@H](CN)CC(=O)N(Cc1ccccc1)C(C)C. The van der Waals surface area contributed by atoms with Crippen LogP contribution in [-0.4, -0.2) is 23.4 Å². The third-order valence-corrected chi connectivity index (χ3v) is 3.74. The number of carbonyl (C=O) groups is 1. The van der Waals surface area contributed by atoms with Gasteiger partial charge in [-0.2, -0.15) is 0 Å². The standard InChI is InChI=1S/C18H30N2O/c1-14(2)10-17(12-19)11-18(21)20(15(3)4)13-16-8-6-5-7-9-16/h5-9,14-15,17H,10-13,19H2,1-4H3/t17-/m0/s1. The van der Waals surface area contributed by atoms with Crippen molar-refractivity contribution in [2.24, 2.45) is 17.6 Å². The Labute approximate surface area is 129 Å². The van der Waals surface area contributed by atoms with Crippen LogP contribution in [0.3, 0.4) is 0 Å². The molecule has 0 heterocycles. The molecule has 0 saturated heterocycles. The number of amides is 1. The van der Waals surface area contributed by atoms with Crippen molar-refractivity contribution in [3.63, 3.8) is 0 Å². The van der Waals surface area contributed by atoms with Gasteiger partial charge in [-0.25, -0.2) is 0 Å². The first-order valence-electron chi connectivity index (χ1n) is 7.97. The van der Waals surface area contributed by atoms with Crippen molar-refractivity contribution in [2.45, 2.75) is 53.1 Å². The Morgan fingerprint density at radius 1 is 1.14 bits per heavy atom. The maximum atomic E-state index is 12.6. The van der Waals surface area contributed by atoms with Crippen LogP contribution in [0.15, 0.2) is 30.3 Å². The smallest absolute Gasteiger partial charge is 0.223 e. The zero-order valence-corrected chi connectivity index (χ0v) is 13.9. The minimum Gasteiger partial charge on any atom is -0.336 e. The maximum absolute atomic E-state index is 12.6. The third-order valence-electron chi connectivity index (χ3n) is 3.74. The van der Waals surface area contributed by atoms with E-state index in [0.29, 0.717) is 25.4 Å². The average molecular weight is 290 g/mol. The highest BCUT2D eigenvalue weighted by molar-refractivity contribution is 5.76. The lowest BCUT2D eigenvalue weighted by atomic mass is 9.93. The Morgan fingerprint density at radius 2 is 1.76 bits per heavy atom. The van der Waals surface area contributed by atoms with E-state index in [9.17, 15) is 4.79 Å². The van der Waals surface area contributed by atoms with E-state index in [1.807, 2.05) is 23.1 Å². The molecule has 3 nitrogen and oxygen atoms in total. The lowest BCUT2D eigenvalue weighted by molar-refractivity contribution is -0.134.